The Bertz CT molecular complexity index is 4030. The third-order valence-electron chi connectivity index (χ3n) is 20.1. The molecule has 5 aliphatic rings. The van der Waals surface area contributed by atoms with Gasteiger partial charge in [0, 0.05) is 92.6 Å². The molecular formula is C71H89N15O17. The van der Waals surface area contributed by atoms with Gasteiger partial charge in [0.1, 0.15) is 72.5 Å². The summed E-state index contributed by atoms with van der Waals surface area (Å²) in [5.74, 6) is -11.9. The van der Waals surface area contributed by atoms with Gasteiger partial charge in [0.15, 0.2) is 0 Å². The van der Waals surface area contributed by atoms with E-state index in [9.17, 15) is 63.3 Å². The van der Waals surface area contributed by atoms with Crippen LogP contribution in [0.2, 0.25) is 0 Å². The minimum Gasteiger partial charge on any atom is -0.481 e. The molecule has 15 N–H and O–H groups in total. The van der Waals surface area contributed by atoms with Crippen molar-refractivity contribution < 1.29 is 82.4 Å². The number of carbonyl (C=O) groups excluding carboxylic acids is 12. The predicted octanol–water partition coefficient (Wildman–Crippen LogP) is -1.29. The Balaban J connectivity index is 0.833. The second-order valence-electron chi connectivity index (χ2n) is 27.0. The van der Waals surface area contributed by atoms with E-state index < -0.39 is 175 Å². The van der Waals surface area contributed by atoms with Crippen molar-refractivity contribution in [3.05, 3.63) is 108 Å². The number of primary amides is 1. The summed E-state index contributed by atoms with van der Waals surface area (Å²) < 4.78 is 0. The maximum absolute atomic E-state index is 15.3. The molecule has 5 aromatic rings. The standard InChI is InChI=1S/C71H89N15O17/c1-39(71(102)103)76-62(93)53-20-9-28-83(53)69(100)52(35-59(89)90)81-65(96)54-21-10-27-82(54)66(97)48(25-26-58(73)88)77-63(94)56-23-12-30-85(56)70(101)57-24-13-31-86(57)67(98)50(32-40-14-3-2-4-15-40)80-64(95)55-22-11-29-84(55)68(99)51(34-42-37-75-47-19-8-6-17-44(42)47)79-61(92)49(78-60(91)45(72)38-87)33-41-36-74-46-18-7-5-16-43(41)46/h2-8,14-19,36-37,39,45,48-57,74-75,87H,9-13,20-35,38,72H2,1H3,(H2,73,88)(H,76,93)(H,77,94)(H,78,91)(H,79,92)(H,80,95)(H,81,96)(H,89,90)(H,102,103)/t39-,45-,48-,49-,50-,51-,52-,53-,54-,55-,56-,57-/m0/s1. The highest BCUT2D eigenvalue weighted by atomic mass is 16.4. The van der Waals surface area contributed by atoms with Gasteiger partial charge in [-0.05, 0) is 106 Å². The minimum atomic E-state index is -1.72. The highest BCUT2D eigenvalue weighted by molar-refractivity contribution is 6.01. The van der Waals surface area contributed by atoms with E-state index in [1.165, 1.54) is 21.6 Å². The Morgan fingerprint density at radius 1 is 0.476 bits per heavy atom. The first-order valence-corrected chi connectivity index (χ1v) is 35.0. The smallest absolute Gasteiger partial charge is 0.325 e. The molecule has 0 saturated carbocycles. The fourth-order valence-electron chi connectivity index (χ4n) is 14.7. The van der Waals surface area contributed by atoms with Crippen LogP contribution in [0.3, 0.4) is 0 Å². The summed E-state index contributed by atoms with van der Waals surface area (Å²) in [5.41, 5.74) is 15.0. The molecule has 32 nitrogen and oxygen atoms in total. The molecule has 12 amide bonds. The van der Waals surface area contributed by atoms with E-state index in [0.29, 0.717) is 42.4 Å². The maximum atomic E-state index is 15.3. The summed E-state index contributed by atoms with van der Waals surface area (Å²) in [4.78, 5) is 208. The second kappa shape index (κ2) is 33.8. The number of aliphatic carboxylic acids is 2. The van der Waals surface area contributed by atoms with Crippen molar-refractivity contribution in [1.82, 2.24) is 66.4 Å². The summed E-state index contributed by atoms with van der Waals surface area (Å²) in [6.45, 7) is 0.721. The molecule has 5 saturated heterocycles. The number of aromatic amines is 2. The quantitative estimate of drug-likeness (QED) is 0.0254. The number of nitrogens with zero attached hydrogens (tertiary/aromatic N) is 5. The molecule has 2 aromatic heterocycles. The average molecular weight is 1420 g/mol. The zero-order chi connectivity index (χ0) is 73.8. The monoisotopic (exact) mass is 1420 g/mol. The largest absolute Gasteiger partial charge is 0.481 e. The molecular weight excluding hydrogens is 1330 g/mol. The van der Waals surface area contributed by atoms with Gasteiger partial charge >= 0.3 is 11.9 Å². The van der Waals surface area contributed by atoms with Crippen LogP contribution in [0, 0.1) is 0 Å². The number of hydrogen-bond acceptors (Lipinski definition) is 16. The SMILES string of the molecule is C[C@H](NC(=O)[C@@H]1CCCN1C(=O)[C@H](CC(=O)O)NC(=O)[C@@H]1CCCN1C(=O)[C@H](CCC(N)=O)NC(=O)[C@@H]1CCCN1C(=O)[C@@H]1CCCN1C(=O)[C@H](Cc1ccccc1)NC(=O)[C@@H]1CCCN1C(=O)[C@H](Cc1c[nH]c2ccccc12)NC(=O)[C@H](Cc1c[nH]c2ccccc12)NC(=O)[C@@H](N)CO)C(=O)O. The Morgan fingerprint density at radius 3 is 1.37 bits per heavy atom. The molecule has 0 spiro atoms. The van der Waals surface area contributed by atoms with Crippen molar-refractivity contribution >= 4 is 105 Å². The first-order chi connectivity index (χ1) is 49.4. The van der Waals surface area contributed by atoms with E-state index in [4.69, 9.17) is 11.5 Å². The number of amides is 12. The van der Waals surface area contributed by atoms with Crippen molar-refractivity contribution in [1.29, 1.82) is 0 Å². The maximum Gasteiger partial charge on any atom is 0.325 e. The fourth-order valence-corrected chi connectivity index (χ4v) is 14.7. The lowest BCUT2D eigenvalue weighted by molar-refractivity contribution is -0.149. The Hall–Kier alpha value is -10.8. The number of fused-ring (bicyclic) bond motifs is 2. The molecule has 0 bridgehead atoms. The van der Waals surface area contributed by atoms with Crippen LogP contribution in [0.15, 0.2) is 91.3 Å². The summed E-state index contributed by atoms with van der Waals surface area (Å²) in [6, 6.07) is 7.82. The lowest BCUT2D eigenvalue weighted by atomic mass is 10.0. The van der Waals surface area contributed by atoms with Crippen LogP contribution in [0.25, 0.3) is 21.8 Å². The molecule has 0 aliphatic carbocycles. The topological polar surface area (TPSA) is 472 Å². The van der Waals surface area contributed by atoms with Gasteiger partial charge in [0.2, 0.25) is 70.9 Å². The van der Waals surface area contributed by atoms with E-state index in [-0.39, 0.29) is 96.9 Å². The van der Waals surface area contributed by atoms with Crippen molar-refractivity contribution in [2.45, 2.75) is 182 Å². The lowest BCUT2D eigenvalue weighted by Crippen LogP contribution is -2.60. The number of aliphatic hydroxyl groups excluding tert-OH is 1. The molecule has 0 unspecified atom stereocenters. The zero-order valence-electron chi connectivity index (χ0n) is 57.1. The second-order valence-corrected chi connectivity index (χ2v) is 27.0. The molecule has 10 rings (SSSR count). The molecule has 103 heavy (non-hydrogen) atoms. The molecule has 550 valence electrons. The van der Waals surface area contributed by atoms with Crippen molar-refractivity contribution in [3.63, 3.8) is 0 Å². The van der Waals surface area contributed by atoms with Gasteiger partial charge < -0.3 is 93.2 Å². The van der Waals surface area contributed by atoms with Crippen molar-refractivity contribution in [3.8, 4) is 0 Å². The normalized spacial score (nSPS) is 20.8. The van der Waals surface area contributed by atoms with E-state index in [1.807, 2.05) is 48.5 Å². The number of H-pyrrole nitrogens is 2. The van der Waals surface area contributed by atoms with Crippen molar-refractivity contribution in [2.24, 2.45) is 11.5 Å². The highest BCUT2D eigenvalue weighted by Gasteiger charge is 2.48. The number of aromatic nitrogens is 2. The molecule has 0 radical (unpaired) electrons. The third-order valence-corrected chi connectivity index (χ3v) is 20.1. The first kappa shape index (κ1) is 74.9. The number of aliphatic hydroxyl groups is 1. The number of carboxylic acids is 2. The molecule has 12 atom stereocenters. The highest BCUT2D eigenvalue weighted by Crippen LogP contribution is 2.30. The molecule has 3 aromatic carbocycles. The number of benzene rings is 3. The van der Waals surface area contributed by atoms with E-state index in [2.05, 4.69) is 41.9 Å². The van der Waals surface area contributed by atoms with Gasteiger partial charge in [-0.2, -0.15) is 0 Å². The van der Waals surface area contributed by atoms with Gasteiger partial charge in [-0.1, -0.05) is 66.7 Å². The minimum absolute atomic E-state index is 0.00271. The van der Waals surface area contributed by atoms with Gasteiger partial charge in [-0.25, -0.2) is 0 Å². The van der Waals surface area contributed by atoms with Gasteiger partial charge in [-0.3, -0.25) is 67.1 Å². The van der Waals surface area contributed by atoms with Crippen LogP contribution >= 0.6 is 0 Å². The van der Waals surface area contributed by atoms with Crippen LogP contribution in [-0.4, -0.2) is 244 Å². The predicted molar refractivity (Wildman–Crippen MR) is 368 cm³/mol. The number of likely N-dealkylation sites (tertiary alicyclic amines) is 5. The van der Waals surface area contributed by atoms with Crippen LogP contribution in [0.5, 0.6) is 0 Å². The van der Waals surface area contributed by atoms with Gasteiger partial charge in [0.25, 0.3) is 0 Å². The zero-order valence-corrected chi connectivity index (χ0v) is 57.1. The van der Waals surface area contributed by atoms with E-state index in [1.54, 1.807) is 42.7 Å². The molecule has 5 aliphatic heterocycles. The summed E-state index contributed by atoms with van der Waals surface area (Å²) in [5, 5.41) is 46.6. The number of hydrogen-bond donors (Lipinski definition) is 13. The molecule has 5 fully saturated rings. The fraction of sp³-hybridized carbons (Fsp3) is 0.493. The number of carboxylic acid groups (broad SMARTS) is 2. The Labute approximate surface area is 592 Å². The summed E-state index contributed by atoms with van der Waals surface area (Å²) in [7, 11) is 0. The van der Waals surface area contributed by atoms with Crippen LogP contribution in [-0.2, 0) is 86.4 Å². The van der Waals surface area contributed by atoms with E-state index >= 15 is 19.2 Å². The molecule has 7 heterocycles. The van der Waals surface area contributed by atoms with Crippen LogP contribution in [0.1, 0.15) is 107 Å². The number of rotatable bonds is 30. The van der Waals surface area contributed by atoms with Gasteiger partial charge in [-0.15, -0.1) is 0 Å². The average Bonchev–Trinajstić information content (AvgIpc) is 1.67. The van der Waals surface area contributed by atoms with Gasteiger partial charge in [0.05, 0.1) is 13.0 Å². The lowest BCUT2D eigenvalue weighted by Gasteiger charge is -2.34. The summed E-state index contributed by atoms with van der Waals surface area (Å²) in [6.07, 6.45) is 3.88. The third kappa shape index (κ3) is 17.8. The van der Waals surface area contributed by atoms with Crippen LogP contribution < -0.4 is 43.4 Å². The first-order valence-electron chi connectivity index (χ1n) is 35.0. The molecule has 32 heteroatoms. The number of para-hydroxylation sites is 2. The number of carbonyl (C=O) groups is 14. The number of nitrogens with one attached hydrogen (secondary N) is 8. The van der Waals surface area contributed by atoms with Crippen molar-refractivity contribution in [2.75, 3.05) is 39.3 Å². The number of nitrogens with two attached hydrogens (primary N) is 2. The van der Waals surface area contributed by atoms with E-state index in [0.717, 1.165) is 31.6 Å². The van der Waals surface area contributed by atoms with Crippen LogP contribution in [0.4, 0.5) is 0 Å². The Kier molecular flexibility index (Phi) is 24.6. The summed E-state index contributed by atoms with van der Waals surface area (Å²) >= 11 is 0. The Morgan fingerprint density at radius 2 is 0.874 bits per heavy atom.